The van der Waals surface area contributed by atoms with E-state index in [1.54, 1.807) is 24.3 Å². The molecule has 18 heteroatoms. The van der Waals surface area contributed by atoms with Crippen LogP contribution in [0.3, 0.4) is 0 Å². The van der Waals surface area contributed by atoms with Crippen molar-refractivity contribution in [1.82, 2.24) is 9.97 Å². The molecule has 2 heterocycles. The van der Waals surface area contributed by atoms with E-state index in [0.717, 1.165) is 0 Å². The first kappa shape index (κ1) is 43.2. The maximum absolute atomic E-state index is 11.8. The average molecular weight is 673 g/mol. The van der Waals surface area contributed by atoms with E-state index >= 15 is 0 Å². The fraction of sp³-hybridized carbons (Fsp3) is 0.154. The van der Waals surface area contributed by atoms with E-state index in [1.807, 2.05) is 0 Å². The number of aliphatic carboxylic acids is 2. The maximum Gasteiger partial charge on any atom is 1.00 e. The van der Waals surface area contributed by atoms with Crippen LogP contribution in [0.1, 0.15) is 41.9 Å². The molecule has 2 aromatic heterocycles. The number of carboxylic acids is 4. The molecule has 0 unspecified atom stereocenters. The zero-order valence-electron chi connectivity index (χ0n) is 24.2. The summed E-state index contributed by atoms with van der Waals surface area (Å²) >= 11 is 1.38. The Balaban J connectivity index is 0.00000462. The number of ether oxygens (including phenoxy) is 2. The molecule has 0 amide bonds. The van der Waals surface area contributed by atoms with E-state index in [1.165, 1.54) is 24.3 Å². The Kier molecular flexibility index (Phi) is 20.0. The summed E-state index contributed by atoms with van der Waals surface area (Å²) in [5.41, 5.74) is 0.555. The summed E-state index contributed by atoms with van der Waals surface area (Å²) in [6.07, 6.45) is -0.834. The number of hydrogen-bond donors (Lipinski definition) is 0. The van der Waals surface area contributed by atoms with Gasteiger partial charge in [0.25, 0.3) is 0 Å². The van der Waals surface area contributed by atoms with Gasteiger partial charge < -0.3 is 49.1 Å². The standard InChI is InChI=1S/C26H20N2O10S2.4Na/c29-19(30)9-13-5-1-3-7-17(13)37-11-15-21(25(33)34)39-23(27-15)24-28-16(22(40-24)26(35)36)12-38-18-8-4-2-6-14(18)10-20(31)32;;;;/h1-8H,9-12H2,(H,29,30)(H,31,32)(H,33,34)(H,35,36);;;;/q;4*+1/p-4. The van der Waals surface area contributed by atoms with Crippen LogP contribution in [0.4, 0.5) is 0 Å². The Hall–Kier alpha value is -0.820. The largest absolute Gasteiger partial charge is 1.00 e. The van der Waals surface area contributed by atoms with Crippen molar-refractivity contribution in [2.75, 3.05) is 0 Å². The molecule has 4 rings (SSSR count). The fourth-order valence-electron chi connectivity index (χ4n) is 3.59. The Labute approximate surface area is 347 Å². The number of aromatic nitrogens is 2. The first-order valence-corrected chi connectivity index (χ1v) is 13.0. The number of thiazole rings is 2. The van der Waals surface area contributed by atoms with E-state index < -0.39 is 36.7 Å². The minimum absolute atomic E-state index is 0. The van der Waals surface area contributed by atoms with Gasteiger partial charge >= 0.3 is 118 Å². The van der Waals surface area contributed by atoms with Crippen LogP contribution in [0, 0.1) is 0 Å². The summed E-state index contributed by atoms with van der Waals surface area (Å²) in [6.45, 7) is -0.707. The first-order valence-electron chi connectivity index (χ1n) is 11.4. The topological polar surface area (TPSA) is 205 Å². The number of carbonyl (C=O) groups excluding carboxylic acids is 4. The quantitative estimate of drug-likeness (QED) is 0.122. The molecule has 0 spiro atoms. The summed E-state index contributed by atoms with van der Waals surface area (Å²) in [5.74, 6) is -5.35. The number of nitrogens with zero attached hydrogens (tertiary/aromatic N) is 2. The number of rotatable bonds is 13. The second-order valence-electron chi connectivity index (χ2n) is 8.05. The molecule has 12 nitrogen and oxygen atoms in total. The van der Waals surface area contributed by atoms with Crippen LogP contribution in [0.5, 0.6) is 11.5 Å². The van der Waals surface area contributed by atoms with Crippen molar-refractivity contribution in [1.29, 1.82) is 0 Å². The van der Waals surface area contributed by atoms with Gasteiger partial charge in [-0.1, -0.05) is 36.4 Å². The van der Waals surface area contributed by atoms with Crippen LogP contribution in [0.25, 0.3) is 10.0 Å². The smallest absolute Gasteiger partial charge is 0.550 e. The molecule has 0 fully saturated rings. The summed E-state index contributed by atoms with van der Waals surface area (Å²) < 4.78 is 11.3. The van der Waals surface area contributed by atoms with Crippen molar-refractivity contribution < 1.29 is 167 Å². The van der Waals surface area contributed by atoms with E-state index in [2.05, 4.69) is 9.97 Å². The van der Waals surface area contributed by atoms with E-state index in [9.17, 15) is 39.6 Å². The molecule has 4 aromatic rings. The number of hydrogen-bond acceptors (Lipinski definition) is 14. The third kappa shape index (κ3) is 11.8. The van der Waals surface area contributed by atoms with Crippen molar-refractivity contribution in [3.8, 4) is 21.5 Å². The first-order chi connectivity index (χ1) is 19.1. The number of para-hydroxylation sites is 2. The molecular formula is C26H16N2Na4O10S2. The normalized spacial score (nSPS) is 9.73. The number of aromatic carboxylic acids is 2. The van der Waals surface area contributed by atoms with Crippen molar-refractivity contribution in [3.63, 3.8) is 0 Å². The van der Waals surface area contributed by atoms with E-state index in [0.29, 0.717) is 33.8 Å². The van der Waals surface area contributed by atoms with Crippen LogP contribution in [0.2, 0.25) is 0 Å². The van der Waals surface area contributed by atoms with Gasteiger partial charge in [-0.25, -0.2) is 9.97 Å². The SMILES string of the molecule is O=C([O-])Cc1ccccc1OCc1nc(-c2nc(COc3ccccc3CC(=O)[O-])c(C(=O)[O-])s2)sc1C(=O)[O-].[Na+].[Na+].[Na+].[Na+]. The molecule has 44 heavy (non-hydrogen) atoms. The summed E-state index contributed by atoms with van der Waals surface area (Å²) in [7, 11) is 0. The molecule has 0 N–H and O–H groups in total. The Morgan fingerprint density at radius 1 is 0.591 bits per heavy atom. The molecule has 0 radical (unpaired) electrons. The van der Waals surface area contributed by atoms with Crippen molar-refractivity contribution in [2.45, 2.75) is 26.1 Å². The monoisotopic (exact) mass is 672 g/mol. The minimum atomic E-state index is -1.55. The summed E-state index contributed by atoms with van der Waals surface area (Å²) in [4.78, 5) is 53.5. The zero-order valence-corrected chi connectivity index (χ0v) is 33.9. The second-order valence-corrected chi connectivity index (χ2v) is 10.1. The van der Waals surface area contributed by atoms with Gasteiger partial charge in [0, 0.05) is 24.8 Å². The van der Waals surface area contributed by atoms with Gasteiger partial charge in [-0.05, 0) is 23.3 Å². The predicted octanol–water partition coefficient (Wildman–Crippen LogP) is -13.2. The number of benzene rings is 2. The van der Waals surface area contributed by atoms with Crippen molar-refractivity contribution in [3.05, 3.63) is 80.8 Å². The average Bonchev–Trinajstić information content (AvgIpc) is 3.52. The van der Waals surface area contributed by atoms with E-state index in [4.69, 9.17) is 9.47 Å². The summed E-state index contributed by atoms with van der Waals surface area (Å²) in [5, 5.41) is 45.7. The van der Waals surface area contributed by atoms with Crippen LogP contribution in [-0.2, 0) is 35.6 Å². The van der Waals surface area contributed by atoms with Gasteiger partial charge in [0.05, 0.1) is 33.1 Å². The zero-order chi connectivity index (χ0) is 28.8. The number of carbonyl (C=O) groups is 4. The Morgan fingerprint density at radius 3 is 1.25 bits per heavy atom. The van der Waals surface area contributed by atoms with Gasteiger partial charge in [-0.2, -0.15) is 0 Å². The van der Waals surface area contributed by atoms with Crippen molar-refractivity contribution in [2.24, 2.45) is 0 Å². The number of carboxylic acid groups (broad SMARTS) is 4. The molecule has 0 bridgehead atoms. The Bertz CT molecular complexity index is 1500. The molecule has 206 valence electrons. The van der Waals surface area contributed by atoms with Crippen molar-refractivity contribution >= 4 is 46.6 Å². The van der Waals surface area contributed by atoms with Gasteiger partial charge in [0.1, 0.15) is 24.7 Å². The molecule has 0 aliphatic heterocycles. The molecule has 0 atom stereocenters. The molecule has 0 aliphatic rings. The molecule has 0 aliphatic carbocycles. The predicted molar refractivity (Wildman–Crippen MR) is 131 cm³/mol. The van der Waals surface area contributed by atoms with Crippen LogP contribution < -0.4 is 148 Å². The Morgan fingerprint density at radius 2 is 0.932 bits per heavy atom. The summed E-state index contributed by atoms with van der Waals surface area (Å²) in [6, 6.07) is 12.5. The van der Waals surface area contributed by atoms with E-state index in [-0.39, 0.29) is 174 Å². The van der Waals surface area contributed by atoms with Gasteiger partial charge in [-0.3, -0.25) is 0 Å². The third-order valence-electron chi connectivity index (χ3n) is 5.29. The third-order valence-corrected chi connectivity index (χ3v) is 7.59. The second kappa shape index (κ2) is 20.4. The molecule has 2 aromatic carbocycles. The van der Waals surface area contributed by atoms with Crippen LogP contribution >= 0.6 is 22.7 Å². The van der Waals surface area contributed by atoms with Gasteiger partial charge in [-0.15, -0.1) is 22.7 Å². The minimum Gasteiger partial charge on any atom is -0.550 e. The van der Waals surface area contributed by atoms with Gasteiger partial charge in [0.15, 0.2) is 10.0 Å². The molecule has 0 saturated carbocycles. The molecule has 0 saturated heterocycles. The molecular weight excluding hydrogens is 656 g/mol. The fourth-order valence-corrected chi connectivity index (χ4v) is 5.41. The van der Waals surface area contributed by atoms with Crippen LogP contribution in [-0.4, -0.2) is 33.8 Å². The van der Waals surface area contributed by atoms with Crippen LogP contribution in [0.15, 0.2) is 48.5 Å². The maximum atomic E-state index is 11.8. The van der Waals surface area contributed by atoms with Gasteiger partial charge in [0.2, 0.25) is 0 Å².